The molecule has 386 valence electrons. The quantitative estimate of drug-likeness (QED) is 0.0261. The van der Waals surface area contributed by atoms with Crippen LogP contribution in [0.3, 0.4) is 0 Å². The van der Waals surface area contributed by atoms with Gasteiger partial charge in [-0.15, -0.1) is 0 Å². The summed E-state index contributed by atoms with van der Waals surface area (Å²) in [5, 5.41) is 53.7. The summed E-state index contributed by atoms with van der Waals surface area (Å²) in [6.45, 7) is 3.61. The smallest absolute Gasteiger partial charge is 0.220 e. The lowest BCUT2D eigenvalue weighted by Crippen LogP contribution is -2.60. The van der Waals surface area contributed by atoms with Crippen molar-refractivity contribution in [2.75, 3.05) is 13.2 Å². The van der Waals surface area contributed by atoms with Gasteiger partial charge in [0.25, 0.3) is 0 Å². The number of carbonyl (C=O) groups is 1. The molecule has 1 heterocycles. The third-order valence-corrected chi connectivity index (χ3v) is 13.1. The van der Waals surface area contributed by atoms with Gasteiger partial charge in [0.15, 0.2) is 6.29 Å². The lowest BCUT2D eigenvalue weighted by Gasteiger charge is -2.40. The Morgan fingerprint density at radius 3 is 1.35 bits per heavy atom. The van der Waals surface area contributed by atoms with Crippen LogP contribution in [0.25, 0.3) is 0 Å². The third kappa shape index (κ3) is 36.2. The Morgan fingerprint density at radius 1 is 0.515 bits per heavy atom. The van der Waals surface area contributed by atoms with E-state index < -0.39 is 49.5 Å². The average Bonchev–Trinajstić information content (AvgIpc) is 3.32. The van der Waals surface area contributed by atoms with E-state index in [1.807, 2.05) is 6.08 Å². The lowest BCUT2D eigenvalue weighted by molar-refractivity contribution is -0.302. The fourth-order valence-electron chi connectivity index (χ4n) is 8.68. The highest BCUT2D eigenvalue weighted by atomic mass is 16.7. The number of hydrogen-bond acceptors (Lipinski definition) is 8. The van der Waals surface area contributed by atoms with Crippen LogP contribution in [0.2, 0.25) is 0 Å². The van der Waals surface area contributed by atoms with E-state index in [9.17, 15) is 30.3 Å². The van der Waals surface area contributed by atoms with Crippen molar-refractivity contribution < 1.29 is 39.8 Å². The molecule has 0 aliphatic carbocycles. The number of aliphatic hydroxyl groups is 5. The SMILES string of the molecule is CCCC/C=C/C(O)C(COC1OC(CO)C(O)C(O)C1O)NC(=O)CCCCCCCCCCCCCCCCCCCCCCCCCC/C=C\C/C=C\C/C=C\CCCCCCC. The molecule has 1 fully saturated rings. The van der Waals surface area contributed by atoms with Crippen LogP contribution >= 0.6 is 0 Å². The van der Waals surface area contributed by atoms with Gasteiger partial charge in [0.2, 0.25) is 5.91 Å². The van der Waals surface area contributed by atoms with Crippen molar-refractivity contribution >= 4 is 5.91 Å². The molecule has 1 amide bonds. The zero-order valence-electron chi connectivity index (χ0n) is 42.7. The van der Waals surface area contributed by atoms with Gasteiger partial charge in [-0.1, -0.05) is 242 Å². The topological polar surface area (TPSA) is 149 Å². The van der Waals surface area contributed by atoms with Gasteiger partial charge in [-0.25, -0.2) is 0 Å². The summed E-state index contributed by atoms with van der Waals surface area (Å²) in [7, 11) is 0. The normalized spacial score (nSPS) is 20.1. The molecule has 0 aromatic rings. The molecule has 0 bridgehead atoms. The molecule has 9 nitrogen and oxygen atoms in total. The van der Waals surface area contributed by atoms with Gasteiger partial charge < -0.3 is 40.3 Å². The predicted molar refractivity (Wildman–Crippen MR) is 276 cm³/mol. The Kier molecular flexibility index (Phi) is 44.1. The zero-order valence-corrected chi connectivity index (χ0v) is 42.7. The fourth-order valence-corrected chi connectivity index (χ4v) is 8.68. The average molecular weight is 932 g/mol. The lowest BCUT2D eigenvalue weighted by atomic mass is 9.99. The van der Waals surface area contributed by atoms with Crippen molar-refractivity contribution in [1.82, 2.24) is 5.32 Å². The van der Waals surface area contributed by atoms with Crippen LogP contribution in [-0.4, -0.2) is 87.5 Å². The molecule has 1 aliphatic rings. The fraction of sp³-hybridized carbons (Fsp3) is 0.842. The molecular weight excluding hydrogens is 827 g/mol. The second-order valence-corrected chi connectivity index (χ2v) is 19.4. The molecular formula is C57H105NO8. The third-order valence-electron chi connectivity index (χ3n) is 13.1. The summed E-state index contributed by atoms with van der Waals surface area (Å²) in [4.78, 5) is 12.8. The maximum absolute atomic E-state index is 12.8. The number of aliphatic hydroxyl groups excluding tert-OH is 5. The first-order valence-electron chi connectivity index (χ1n) is 27.9. The summed E-state index contributed by atoms with van der Waals surface area (Å²) in [6.07, 6.45) is 55.8. The number of allylic oxidation sites excluding steroid dienone is 7. The molecule has 1 rings (SSSR count). The highest BCUT2D eigenvalue weighted by Gasteiger charge is 2.44. The molecule has 0 radical (unpaired) electrons. The largest absolute Gasteiger partial charge is 0.394 e. The van der Waals surface area contributed by atoms with Crippen LogP contribution in [0.5, 0.6) is 0 Å². The van der Waals surface area contributed by atoms with E-state index in [0.29, 0.717) is 6.42 Å². The maximum Gasteiger partial charge on any atom is 0.220 e. The second kappa shape index (κ2) is 46.9. The predicted octanol–water partition coefficient (Wildman–Crippen LogP) is 13.3. The molecule has 6 N–H and O–H groups in total. The Morgan fingerprint density at radius 2 is 0.909 bits per heavy atom. The van der Waals surface area contributed by atoms with E-state index in [1.54, 1.807) is 6.08 Å². The number of ether oxygens (including phenoxy) is 2. The summed E-state index contributed by atoms with van der Waals surface area (Å²) < 4.78 is 11.1. The van der Waals surface area contributed by atoms with Gasteiger partial charge in [-0.3, -0.25) is 4.79 Å². The molecule has 1 saturated heterocycles. The maximum atomic E-state index is 12.8. The van der Waals surface area contributed by atoms with Crippen molar-refractivity contribution in [3.05, 3.63) is 48.6 Å². The van der Waals surface area contributed by atoms with Crippen molar-refractivity contribution in [2.24, 2.45) is 0 Å². The Balaban J connectivity index is 1.92. The first-order valence-corrected chi connectivity index (χ1v) is 27.9. The van der Waals surface area contributed by atoms with E-state index in [1.165, 1.54) is 180 Å². The Labute approximate surface area is 405 Å². The van der Waals surface area contributed by atoms with Gasteiger partial charge in [0.05, 0.1) is 25.4 Å². The zero-order chi connectivity index (χ0) is 48.0. The minimum absolute atomic E-state index is 0.184. The molecule has 0 aromatic heterocycles. The summed E-state index contributed by atoms with van der Waals surface area (Å²) in [5.41, 5.74) is 0. The summed E-state index contributed by atoms with van der Waals surface area (Å²) >= 11 is 0. The van der Waals surface area contributed by atoms with Gasteiger partial charge >= 0.3 is 0 Å². The number of unbranched alkanes of at least 4 members (excludes halogenated alkanes) is 31. The minimum atomic E-state index is -1.56. The molecule has 9 heteroatoms. The summed E-state index contributed by atoms with van der Waals surface area (Å²) in [5.74, 6) is -0.184. The van der Waals surface area contributed by atoms with E-state index in [4.69, 9.17) is 9.47 Å². The Hall–Kier alpha value is -1.85. The van der Waals surface area contributed by atoms with Crippen LogP contribution in [0.15, 0.2) is 48.6 Å². The first kappa shape index (κ1) is 62.2. The van der Waals surface area contributed by atoms with Gasteiger partial charge in [-0.05, 0) is 51.4 Å². The van der Waals surface area contributed by atoms with Gasteiger partial charge in [0, 0.05) is 6.42 Å². The number of rotatable bonds is 47. The highest BCUT2D eigenvalue weighted by Crippen LogP contribution is 2.23. The van der Waals surface area contributed by atoms with Crippen molar-refractivity contribution in [1.29, 1.82) is 0 Å². The Bertz CT molecular complexity index is 1170. The molecule has 0 saturated carbocycles. The van der Waals surface area contributed by atoms with E-state index in [-0.39, 0.29) is 12.5 Å². The van der Waals surface area contributed by atoms with Gasteiger partial charge in [0.1, 0.15) is 24.4 Å². The van der Waals surface area contributed by atoms with Crippen molar-refractivity contribution in [3.8, 4) is 0 Å². The minimum Gasteiger partial charge on any atom is -0.394 e. The van der Waals surface area contributed by atoms with Crippen molar-refractivity contribution in [3.63, 3.8) is 0 Å². The van der Waals surface area contributed by atoms with Gasteiger partial charge in [-0.2, -0.15) is 0 Å². The van der Waals surface area contributed by atoms with E-state index in [0.717, 1.165) is 51.4 Å². The van der Waals surface area contributed by atoms with Crippen LogP contribution in [0.4, 0.5) is 0 Å². The molecule has 1 aliphatic heterocycles. The van der Waals surface area contributed by atoms with E-state index in [2.05, 4.69) is 55.6 Å². The van der Waals surface area contributed by atoms with Crippen LogP contribution in [0.1, 0.15) is 251 Å². The molecule has 0 aromatic carbocycles. The number of hydrogen-bond donors (Lipinski definition) is 6. The second-order valence-electron chi connectivity index (χ2n) is 19.4. The molecule has 66 heavy (non-hydrogen) atoms. The highest BCUT2D eigenvalue weighted by molar-refractivity contribution is 5.76. The number of amides is 1. The monoisotopic (exact) mass is 932 g/mol. The number of carbonyl (C=O) groups excluding carboxylic acids is 1. The van der Waals surface area contributed by atoms with Crippen molar-refractivity contribution in [2.45, 2.75) is 294 Å². The van der Waals surface area contributed by atoms with E-state index >= 15 is 0 Å². The standard InChI is InChI=1S/C57H105NO8/c1-3-5-7-9-10-11-12-13-14-15-16-17-18-19-20-21-22-23-24-25-26-27-28-29-30-31-32-33-34-35-36-37-38-39-40-41-42-43-45-47-53(61)58-50(51(60)46-44-8-6-4-2)49-65-57-56(64)55(63)54(62)52(48-59)66-57/h12-13,15-16,18-19,44,46,50-52,54-57,59-60,62-64H,3-11,14,17,20-43,45,47-49H2,1-2H3,(H,58,61)/b13-12-,16-15-,19-18-,46-44+. The number of nitrogens with one attached hydrogen (secondary N) is 1. The first-order chi connectivity index (χ1) is 32.3. The summed E-state index contributed by atoms with van der Waals surface area (Å²) in [6, 6.07) is -0.799. The molecule has 0 spiro atoms. The molecule has 7 atom stereocenters. The molecule has 7 unspecified atom stereocenters. The van der Waals surface area contributed by atoms with Crippen LogP contribution in [0, 0.1) is 0 Å². The van der Waals surface area contributed by atoms with Crippen LogP contribution < -0.4 is 5.32 Å². The van der Waals surface area contributed by atoms with Crippen LogP contribution in [-0.2, 0) is 14.3 Å².